The quantitative estimate of drug-likeness (QED) is 0.399. The van der Waals surface area contributed by atoms with Gasteiger partial charge in [0, 0.05) is 18.2 Å². The first-order chi connectivity index (χ1) is 11.3. The monoisotopic (exact) mass is 328 g/mol. The van der Waals surface area contributed by atoms with Crippen molar-refractivity contribution in [2.75, 3.05) is 6.54 Å². The van der Waals surface area contributed by atoms with Gasteiger partial charge < -0.3 is 4.90 Å². The van der Waals surface area contributed by atoms with Crippen molar-refractivity contribution in [2.24, 2.45) is 5.41 Å². The fourth-order valence-electron chi connectivity index (χ4n) is 2.80. The number of nitriles is 1. The Kier molecular flexibility index (Phi) is 7.98. The molecule has 1 unspecified atom stereocenters. The molecule has 3 heteroatoms. The molecule has 1 aliphatic carbocycles. The van der Waals surface area contributed by atoms with Gasteiger partial charge in [0.1, 0.15) is 0 Å². The van der Waals surface area contributed by atoms with Crippen LogP contribution in [0.15, 0.2) is 34.9 Å². The third kappa shape index (κ3) is 7.64. The molecular formula is C21H32N2O. The molecule has 0 aromatic carbocycles. The molecule has 1 amide bonds. The number of hydrogen-bond donors (Lipinski definition) is 0. The molecular weight excluding hydrogens is 296 g/mol. The highest BCUT2D eigenvalue weighted by atomic mass is 16.1. The van der Waals surface area contributed by atoms with Gasteiger partial charge in [0.25, 0.3) is 0 Å². The SMILES string of the molecule is C/C(C#N)=C/C1(C)CC1.C/C1=C\CCN(C=O)C(C)/C=C(\C)CC1. The lowest BCUT2D eigenvalue weighted by molar-refractivity contribution is -0.119. The first kappa shape index (κ1) is 20.2. The van der Waals surface area contributed by atoms with Crippen LogP contribution in [0.4, 0.5) is 0 Å². The second kappa shape index (κ2) is 9.47. The molecule has 1 atom stereocenters. The minimum Gasteiger partial charge on any atom is -0.339 e. The van der Waals surface area contributed by atoms with Crippen LogP contribution in [0.5, 0.6) is 0 Å². The second-order valence-electron chi connectivity index (χ2n) is 7.53. The van der Waals surface area contributed by atoms with Crippen molar-refractivity contribution in [3.05, 3.63) is 34.9 Å². The summed E-state index contributed by atoms with van der Waals surface area (Å²) in [5.74, 6) is 0. The van der Waals surface area contributed by atoms with Crippen LogP contribution in [0.2, 0.25) is 0 Å². The number of amides is 1. The van der Waals surface area contributed by atoms with Gasteiger partial charge in [-0.2, -0.15) is 5.26 Å². The lowest BCUT2D eigenvalue weighted by Crippen LogP contribution is -2.31. The molecule has 0 spiro atoms. The van der Waals surface area contributed by atoms with E-state index in [1.807, 2.05) is 11.8 Å². The molecule has 2 aliphatic rings. The topological polar surface area (TPSA) is 44.1 Å². The van der Waals surface area contributed by atoms with Gasteiger partial charge in [-0.25, -0.2) is 0 Å². The van der Waals surface area contributed by atoms with Crippen molar-refractivity contribution in [1.82, 2.24) is 4.90 Å². The highest BCUT2D eigenvalue weighted by Crippen LogP contribution is 2.46. The highest BCUT2D eigenvalue weighted by molar-refractivity contribution is 5.48. The number of hydrogen-bond acceptors (Lipinski definition) is 2. The highest BCUT2D eigenvalue weighted by Gasteiger charge is 2.34. The minimum atomic E-state index is 0.231. The molecule has 24 heavy (non-hydrogen) atoms. The minimum absolute atomic E-state index is 0.231. The zero-order valence-corrected chi connectivity index (χ0v) is 15.9. The third-order valence-corrected chi connectivity index (χ3v) is 4.76. The Morgan fingerprint density at radius 2 is 1.96 bits per heavy atom. The molecule has 0 saturated heterocycles. The zero-order valence-electron chi connectivity index (χ0n) is 15.9. The summed E-state index contributed by atoms with van der Waals surface area (Å²) in [6, 6.07) is 2.35. The number of nitrogens with zero attached hydrogens (tertiary/aromatic N) is 2. The molecule has 2 rings (SSSR count). The van der Waals surface area contributed by atoms with Gasteiger partial charge in [-0.05, 0) is 65.2 Å². The Bertz CT molecular complexity index is 559. The summed E-state index contributed by atoms with van der Waals surface area (Å²) < 4.78 is 0. The van der Waals surface area contributed by atoms with Gasteiger partial charge in [-0.1, -0.05) is 36.3 Å². The molecule has 0 bridgehead atoms. The van der Waals surface area contributed by atoms with Crippen molar-refractivity contribution in [1.29, 1.82) is 5.26 Å². The van der Waals surface area contributed by atoms with Crippen LogP contribution in [0.1, 0.15) is 66.7 Å². The number of allylic oxidation sites excluding steroid dienone is 4. The van der Waals surface area contributed by atoms with Crippen molar-refractivity contribution >= 4 is 6.41 Å². The van der Waals surface area contributed by atoms with Gasteiger partial charge in [-0.15, -0.1) is 0 Å². The van der Waals surface area contributed by atoms with Gasteiger partial charge in [0.15, 0.2) is 0 Å². The maximum Gasteiger partial charge on any atom is 0.210 e. The van der Waals surface area contributed by atoms with E-state index in [1.165, 1.54) is 24.0 Å². The molecule has 1 heterocycles. The summed E-state index contributed by atoms with van der Waals surface area (Å²) in [6.45, 7) is 11.3. The average molecular weight is 329 g/mol. The molecule has 1 fully saturated rings. The van der Waals surface area contributed by atoms with E-state index in [0.29, 0.717) is 5.41 Å². The molecule has 132 valence electrons. The van der Waals surface area contributed by atoms with Gasteiger partial charge in [0.2, 0.25) is 6.41 Å². The van der Waals surface area contributed by atoms with E-state index in [2.05, 4.69) is 52.0 Å². The third-order valence-electron chi connectivity index (χ3n) is 4.76. The molecule has 0 aromatic heterocycles. The summed E-state index contributed by atoms with van der Waals surface area (Å²) in [4.78, 5) is 12.8. The van der Waals surface area contributed by atoms with E-state index in [-0.39, 0.29) is 6.04 Å². The molecule has 0 aromatic rings. The van der Waals surface area contributed by atoms with Crippen LogP contribution >= 0.6 is 0 Å². The number of rotatable bonds is 2. The first-order valence-electron chi connectivity index (χ1n) is 8.93. The zero-order chi connectivity index (χ0) is 18.2. The largest absolute Gasteiger partial charge is 0.339 e. The first-order valence-corrected chi connectivity index (χ1v) is 8.93. The van der Waals surface area contributed by atoms with E-state index < -0.39 is 0 Å². The van der Waals surface area contributed by atoms with Gasteiger partial charge >= 0.3 is 0 Å². The summed E-state index contributed by atoms with van der Waals surface area (Å²) in [6.07, 6.45) is 13.2. The Morgan fingerprint density at radius 3 is 2.50 bits per heavy atom. The lowest BCUT2D eigenvalue weighted by atomic mass is 10.0. The Hall–Kier alpha value is -1.82. The predicted octanol–water partition coefficient (Wildman–Crippen LogP) is 5.17. The van der Waals surface area contributed by atoms with E-state index in [9.17, 15) is 4.79 Å². The van der Waals surface area contributed by atoms with Crippen LogP contribution in [0, 0.1) is 16.7 Å². The van der Waals surface area contributed by atoms with E-state index in [0.717, 1.165) is 37.8 Å². The van der Waals surface area contributed by atoms with E-state index in [1.54, 1.807) is 0 Å². The van der Waals surface area contributed by atoms with Gasteiger partial charge in [0.05, 0.1) is 6.07 Å². The van der Waals surface area contributed by atoms with Crippen molar-refractivity contribution in [2.45, 2.75) is 72.8 Å². The molecule has 1 aliphatic heterocycles. The smallest absolute Gasteiger partial charge is 0.210 e. The maximum absolute atomic E-state index is 10.9. The van der Waals surface area contributed by atoms with E-state index >= 15 is 0 Å². The van der Waals surface area contributed by atoms with Crippen molar-refractivity contribution in [3.63, 3.8) is 0 Å². The van der Waals surface area contributed by atoms with Crippen LogP contribution in [0.3, 0.4) is 0 Å². The summed E-state index contributed by atoms with van der Waals surface area (Å²) in [5.41, 5.74) is 4.06. The van der Waals surface area contributed by atoms with Crippen LogP contribution < -0.4 is 0 Å². The standard InChI is InChI=1S/C13H21NO.C8H11N/c1-11-5-4-8-14(10-15)13(3)9-12(2)7-6-11;1-7(6-9)5-8(2)3-4-8/h5,9-10,13H,4,6-8H2,1-3H3;5H,3-4H2,1-2H3/b11-5+,12-9+;7-5-. The Labute approximate surface area is 147 Å². The second-order valence-corrected chi connectivity index (χ2v) is 7.53. The molecule has 3 nitrogen and oxygen atoms in total. The van der Waals surface area contributed by atoms with Gasteiger partial charge in [-0.3, -0.25) is 4.79 Å². The summed E-state index contributed by atoms with van der Waals surface area (Å²) >= 11 is 0. The molecule has 0 radical (unpaired) electrons. The number of carbonyl (C=O) groups excluding carboxylic acids is 1. The Morgan fingerprint density at radius 1 is 1.33 bits per heavy atom. The Balaban J connectivity index is 0.000000272. The summed E-state index contributed by atoms with van der Waals surface area (Å²) in [7, 11) is 0. The van der Waals surface area contributed by atoms with Crippen LogP contribution in [-0.4, -0.2) is 23.9 Å². The fraction of sp³-hybridized carbons (Fsp3) is 0.619. The van der Waals surface area contributed by atoms with Crippen LogP contribution in [0.25, 0.3) is 0 Å². The van der Waals surface area contributed by atoms with Crippen molar-refractivity contribution in [3.8, 4) is 6.07 Å². The fourth-order valence-corrected chi connectivity index (χ4v) is 2.80. The summed E-state index contributed by atoms with van der Waals surface area (Å²) in [5, 5.41) is 8.41. The van der Waals surface area contributed by atoms with Crippen LogP contribution in [-0.2, 0) is 4.79 Å². The maximum atomic E-state index is 10.9. The van der Waals surface area contributed by atoms with Crippen molar-refractivity contribution < 1.29 is 4.79 Å². The molecule has 0 N–H and O–H groups in total. The van der Waals surface area contributed by atoms with E-state index in [4.69, 9.17) is 5.26 Å². The molecule has 1 saturated carbocycles. The number of carbonyl (C=O) groups is 1. The average Bonchev–Trinajstić information content (AvgIpc) is 3.26. The normalized spacial score (nSPS) is 28.1. The predicted molar refractivity (Wildman–Crippen MR) is 100 cm³/mol. The lowest BCUT2D eigenvalue weighted by Gasteiger charge is -2.23.